The Labute approximate surface area is 204 Å². The van der Waals surface area contributed by atoms with Crippen LogP contribution in [0.4, 0.5) is 15.2 Å². The van der Waals surface area contributed by atoms with Crippen LogP contribution in [0.1, 0.15) is 15.9 Å². The SMILES string of the molecule is CN(c1ccccc1)S(=O)(=O)c1ccc(C(=O)Nc2nnc(SCc3ccc(F)cc3)s2)cc1. The minimum Gasteiger partial charge on any atom is -0.296 e. The van der Waals surface area contributed by atoms with Crippen LogP contribution in [0.25, 0.3) is 0 Å². The van der Waals surface area contributed by atoms with Gasteiger partial charge in [0.15, 0.2) is 4.34 Å². The van der Waals surface area contributed by atoms with Crippen LogP contribution in [0.3, 0.4) is 0 Å². The molecule has 3 aromatic carbocycles. The van der Waals surface area contributed by atoms with Gasteiger partial charge >= 0.3 is 0 Å². The normalized spacial score (nSPS) is 11.2. The Balaban J connectivity index is 1.38. The third-order valence-corrected chi connectivity index (χ3v) is 8.64. The Hall–Kier alpha value is -3.28. The number of halogens is 1. The van der Waals surface area contributed by atoms with Crippen LogP contribution in [-0.2, 0) is 15.8 Å². The first-order chi connectivity index (χ1) is 16.3. The number of sulfonamides is 1. The number of carbonyl (C=O) groups is 1. The van der Waals surface area contributed by atoms with Gasteiger partial charge in [-0.05, 0) is 54.1 Å². The molecule has 11 heteroatoms. The molecule has 0 aliphatic carbocycles. The molecule has 0 unspecified atom stereocenters. The highest BCUT2D eigenvalue weighted by Gasteiger charge is 2.21. The highest BCUT2D eigenvalue weighted by Crippen LogP contribution is 2.29. The van der Waals surface area contributed by atoms with Gasteiger partial charge in [0, 0.05) is 18.4 Å². The first kappa shape index (κ1) is 23.9. The summed E-state index contributed by atoms with van der Waals surface area (Å²) < 4.78 is 40.6. The van der Waals surface area contributed by atoms with Crippen LogP contribution in [-0.4, -0.2) is 31.6 Å². The molecule has 7 nitrogen and oxygen atoms in total. The zero-order valence-electron chi connectivity index (χ0n) is 17.9. The number of anilines is 2. The maximum atomic E-state index is 13.0. The van der Waals surface area contributed by atoms with E-state index in [-0.39, 0.29) is 16.3 Å². The topological polar surface area (TPSA) is 92.3 Å². The van der Waals surface area contributed by atoms with Crippen molar-refractivity contribution in [1.82, 2.24) is 10.2 Å². The van der Waals surface area contributed by atoms with Gasteiger partial charge < -0.3 is 0 Å². The smallest absolute Gasteiger partial charge is 0.264 e. The molecular weight excluding hydrogens is 495 g/mol. The third kappa shape index (κ3) is 5.61. The zero-order chi connectivity index (χ0) is 24.1. The van der Waals surface area contributed by atoms with Gasteiger partial charge in [-0.15, -0.1) is 10.2 Å². The van der Waals surface area contributed by atoms with Gasteiger partial charge in [0.1, 0.15) is 5.82 Å². The summed E-state index contributed by atoms with van der Waals surface area (Å²) in [5, 5.41) is 11.0. The summed E-state index contributed by atoms with van der Waals surface area (Å²) in [6.07, 6.45) is 0. The number of para-hydroxylation sites is 1. The van der Waals surface area contributed by atoms with Gasteiger partial charge in [0.05, 0.1) is 10.6 Å². The molecule has 0 fully saturated rings. The molecule has 0 saturated heterocycles. The Bertz CT molecular complexity index is 1380. The highest BCUT2D eigenvalue weighted by molar-refractivity contribution is 8.00. The molecule has 0 saturated carbocycles. The van der Waals surface area contributed by atoms with Crippen molar-refractivity contribution in [2.24, 2.45) is 0 Å². The summed E-state index contributed by atoms with van der Waals surface area (Å²) in [6.45, 7) is 0. The number of amides is 1. The van der Waals surface area contributed by atoms with Crippen LogP contribution in [0.5, 0.6) is 0 Å². The van der Waals surface area contributed by atoms with Gasteiger partial charge in [0.25, 0.3) is 15.9 Å². The Morgan fingerprint density at radius 3 is 2.35 bits per heavy atom. The van der Waals surface area contributed by atoms with E-state index in [9.17, 15) is 17.6 Å². The Kier molecular flexibility index (Phi) is 7.25. The number of benzene rings is 3. The molecule has 1 N–H and O–H groups in total. The molecule has 0 atom stereocenters. The number of carbonyl (C=O) groups excluding carboxylic acids is 1. The number of hydrogen-bond donors (Lipinski definition) is 1. The second kappa shape index (κ2) is 10.3. The average Bonchev–Trinajstić information content (AvgIpc) is 3.31. The van der Waals surface area contributed by atoms with E-state index >= 15 is 0 Å². The molecule has 0 aliphatic rings. The van der Waals surface area contributed by atoms with Crippen molar-refractivity contribution in [3.63, 3.8) is 0 Å². The number of thioether (sulfide) groups is 1. The molecule has 4 aromatic rings. The Morgan fingerprint density at radius 1 is 1.00 bits per heavy atom. The summed E-state index contributed by atoms with van der Waals surface area (Å²) in [7, 11) is -2.29. The second-order valence-corrected chi connectivity index (χ2v) is 11.2. The molecule has 0 radical (unpaired) electrons. The Morgan fingerprint density at radius 2 is 1.68 bits per heavy atom. The van der Waals surface area contributed by atoms with Crippen LogP contribution in [0.2, 0.25) is 0 Å². The summed E-state index contributed by atoms with van der Waals surface area (Å²) in [5.74, 6) is -0.119. The molecular formula is C23H19FN4O3S3. The van der Waals surface area contributed by atoms with Gasteiger partial charge in [-0.1, -0.05) is 53.4 Å². The van der Waals surface area contributed by atoms with Crippen molar-refractivity contribution >= 4 is 49.8 Å². The zero-order valence-corrected chi connectivity index (χ0v) is 20.3. The standard InChI is InChI=1S/C23H19FN4O3S3/c1-28(19-5-3-2-4-6-19)34(30,31)20-13-9-17(10-14-20)21(29)25-22-26-27-23(33-22)32-15-16-7-11-18(24)12-8-16/h2-14H,15H2,1H3,(H,25,26,29). The van der Waals surface area contributed by atoms with E-state index in [1.807, 2.05) is 6.07 Å². The fraction of sp³-hybridized carbons (Fsp3) is 0.0870. The molecule has 1 amide bonds. The molecule has 0 bridgehead atoms. The molecule has 0 aliphatic heterocycles. The van der Waals surface area contributed by atoms with Gasteiger partial charge in [-0.3, -0.25) is 14.4 Å². The molecule has 1 aromatic heterocycles. The van der Waals surface area contributed by atoms with Crippen LogP contribution in [0, 0.1) is 5.82 Å². The lowest BCUT2D eigenvalue weighted by Crippen LogP contribution is -2.26. The maximum absolute atomic E-state index is 13.0. The van der Waals surface area contributed by atoms with E-state index in [4.69, 9.17) is 0 Å². The maximum Gasteiger partial charge on any atom is 0.264 e. The number of rotatable bonds is 8. The predicted molar refractivity (Wildman–Crippen MR) is 132 cm³/mol. The molecule has 4 rings (SSSR count). The van der Waals surface area contributed by atoms with E-state index in [0.717, 1.165) is 5.56 Å². The van der Waals surface area contributed by atoms with E-state index < -0.39 is 15.9 Å². The summed E-state index contributed by atoms with van der Waals surface area (Å²) >= 11 is 2.65. The summed E-state index contributed by atoms with van der Waals surface area (Å²) in [5.41, 5.74) is 1.77. The average molecular weight is 515 g/mol. The van der Waals surface area contributed by atoms with Crippen LogP contribution < -0.4 is 9.62 Å². The van der Waals surface area contributed by atoms with Crippen LogP contribution >= 0.6 is 23.1 Å². The molecule has 34 heavy (non-hydrogen) atoms. The fourth-order valence-electron chi connectivity index (χ4n) is 2.93. The predicted octanol–water partition coefficient (Wildman–Crippen LogP) is 5.05. The minimum atomic E-state index is -3.76. The highest BCUT2D eigenvalue weighted by atomic mass is 32.2. The van der Waals surface area contributed by atoms with Gasteiger partial charge in [-0.2, -0.15) is 0 Å². The van der Waals surface area contributed by atoms with Crippen molar-refractivity contribution in [3.05, 3.63) is 95.8 Å². The first-order valence-electron chi connectivity index (χ1n) is 9.99. The van der Waals surface area contributed by atoms with Crippen molar-refractivity contribution in [2.45, 2.75) is 15.0 Å². The lowest BCUT2D eigenvalue weighted by Gasteiger charge is -2.19. The van der Waals surface area contributed by atoms with Crippen molar-refractivity contribution in [2.75, 3.05) is 16.7 Å². The van der Waals surface area contributed by atoms with E-state index in [2.05, 4.69) is 15.5 Å². The van der Waals surface area contributed by atoms with Gasteiger partial charge in [0.2, 0.25) is 5.13 Å². The minimum absolute atomic E-state index is 0.0748. The summed E-state index contributed by atoms with van der Waals surface area (Å²) in [6, 6.07) is 20.6. The summed E-state index contributed by atoms with van der Waals surface area (Å²) in [4.78, 5) is 12.7. The van der Waals surface area contributed by atoms with Crippen molar-refractivity contribution in [1.29, 1.82) is 0 Å². The first-order valence-corrected chi connectivity index (χ1v) is 13.2. The number of hydrogen-bond acceptors (Lipinski definition) is 7. The lowest BCUT2D eigenvalue weighted by atomic mass is 10.2. The number of nitrogens with zero attached hydrogens (tertiary/aromatic N) is 3. The second-order valence-electron chi connectivity index (χ2n) is 7.07. The molecule has 1 heterocycles. The third-order valence-electron chi connectivity index (χ3n) is 4.80. The van der Waals surface area contributed by atoms with Crippen molar-refractivity contribution in [3.8, 4) is 0 Å². The van der Waals surface area contributed by atoms with Crippen molar-refractivity contribution < 1.29 is 17.6 Å². The van der Waals surface area contributed by atoms with E-state index in [1.54, 1.807) is 36.4 Å². The fourth-order valence-corrected chi connectivity index (χ4v) is 5.83. The monoisotopic (exact) mass is 514 g/mol. The van der Waals surface area contributed by atoms with Gasteiger partial charge in [-0.25, -0.2) is 12.8 Å². The molecule has 174 valence electrons. The largest absolute Gasteiger partial charge is 0.296 e. The van der Waals surface area contributed by atoms with E-state index in [1.165, 1.54) is 70.8 Å². The quantitative estimate of drug-likeness (QED) is 0.261. The number of nitrogens with one attached hydrogen (secondary N) is 1. The number of aromatic nitrogens is 2. The van der Waals surface area contributed by atoms with Crippen LogP contribution in [0.15, 0.2) is 88.1 Å². The van der Waals surface area contributed by atoms with E-state index in [0.29, 0.717) is 20.9 Å². The molecule has 0 spiro atoms. The lowest BCUT2D eigenvalue weighted by molar-refractivity contribution is 0.102.